The van der Waals surface area contributed by atoms with Gasteiger partial charge in [0.15, 0.2) is 0 Å². The molecule has 1 aromatic rings. The van der Waals surface area contributed by atoms with Crippen LogP contribution in [0.3, 0.4) is 0 Å². The van der Waals surface area contributed by atoms with Crippen LogP contribution in [0.2, 0.25) is 0 Å². The summed E-state index contributed by atoms with van der Waals surface area (Å²) < 4.78 is 2.27. The summed E-state index contributed by atoms with van der Waals surface area (Å²) in [7, 11) is 0. The van der Waals surface area contributed by atoms with Gasteiger partial charge in [0.25, 0.3) is 0 Å². The summed E-state index contributed by atoms with van der Waals surface area (Å²) >= 11 is 0. The zero-order chi connectivity index (χ0) is 10.5. The molecule has 1 aliphatic carbocycles. The van der Waals surface area contributed by atoms with Gasteiger partial charge >= 0.3 is 0 Å². The van der Waals surface area contributed by atoms with Gasteiger partial charge in [0.1, 0.15) is 0 Å². The van der Waals surface area contributed by atoms with Crippen molar-refractivity contribution in [1.29, 1.82) is 0 Å². The topological polar surface area (TPSA) is 43.8 Å². The number of hydrogen-bond donors (Lipinski definition) is 1. The molecule has 1 aromatic heterocycles. The largest absolute Gasteiger partial charge is 0.335 e. The molecule has 3 heteroatoms. The highest BCUT2D eigenvalue weighted by atomic mass is 15.0. The molecule has 1 heterocycles. The highest BCUT2D eigenvalue weighted by molar-refractivity contribution is 4.98. The molecular formula is C12H21N3. The van der Waals surface area contributed by atoms with Crippen molar-refractivity contribution in [1.82, 2.24) is 9.55 Å². The number of imidazole rings is 1. The second-order valence-corrected chi connectivity index (χ2v) is 4.56. The third-order valence-corrected chi connectivity index (χ3v) is 3.45. The standard InChI is InChI=1S/C12H21N3/c13-7-5-12-9-14-10-15(12)8-6-11-3-1-2-4-11/h9-11H,1-8,13H2. The summed E-state index contributed by atoms with van der Waals surface area (Å²) in [6.45, 7) is 1.84. The number of nitrogens with two attached hydrogens (primary N) is 1. The second-order valence-electron chi connectivity index (χ2n) is 4.56. The van der Waals surface area contributed by atoms with Crippen molar-refractivity contribution in [3.8, 4) is 0 Å². The number of nitrogens with zero attached hydrogens (tertiary/aromatic N) is 2. The molecule has 0 bridgehead atoms. The van der Waals surface area contributed by atoms with Crippen LogP contribution in [-0.4, -0.2) is 16.1 Å². The van der Waals surface area contributed by atoms with E-state index in [9.17, 15) is 0 Å². The molecule has 3 nitrogen and oxygen atoms in total. The molecular weight excluding hydrogens is 186 g/mol. The van der Waals surface area contributed by atoms with E-state index in [0.29, 0.717) is 0 Å². The summed E-state index contributed by atoms with van der Waals surface area (Å²) in [5.74, 6) is 0.957. The Hall–Kier alpha value is -0.830. The number of aromatic nitrogens is 2. The van der Waals surface area contributed by atoms with Gasteiger partial charge in [-0.3, -0.25) is 0 Å². The van der Waals surface area contributed by atoms with Gasteiger partial charge in [-0.15, -0.1) is 0 Å². The molecule has 0 aromatic carbocycles. The van der Waals surface area contributed by atoms with Gasteiger partial charge in [0, 0.05) is 24.9 Å². The first kappa shape index (κ1) is 10.7. The van der Waals surface area contributed by atoms with Crippen molar-refractivity contribution in [2.45, 2.75) is 45.1 Å². The first-order valence-corrected chi connectivity index (χ1v) is 6.09. The van der Waals surface area contributed by atoms with E-state index in [-0.39, 0.29) is 0 Å². The van der Waals surface area contributed by atoms with E-state index in [4.69, 9.17) is 5.73 Å². The molecule has 1 saturated carbocycles. The average molecular weight is 207 g/mol. The summed E-state index contributed by atoms with van der Waals surface area (Å²) in [5.41, 5.74) is 6.85. The fourth-order valence-corrected chi connectivity index (χ4v) is 2.53. The Morgan fingerprint density at radius 1 is 1.40 bits per heavy atom. The van der Waals surface area contributed by atoms with Crippen molar-refractivity contribution < 1.29 is 0 Å². The van der Waals surface area contributed by atoms with Crippen LogP contribution < -0.4 is 5.73 Å². The molecule has 84 valence electrons. The van der Waals surface area contributed by atoms with Crippen molar-refractivity contribution in [3.63, 3.8) is 0 Å². The zero-order valence-electron chi connectivity index (χ0n) is 9.36. The lowest BCUT2D eigenvalue weighted by molar-refractivity contribution is 0.453. The Kier molecular flexibility index (Phi) is 3.78. The van der Waals surface area contributed by atoms with E-state index in [1.807, 2.05) is 12.5 Å². The van der Waals surface area contributed by atoms with Gasteiger partial charge < -0.3 is 10.3 Å². The molecule has 0 aliphatic heterocycles. The molecule has 15 heavy (non-hydrogen) atoms. The zero-order valence-corrected chi connectivity index (χ0v) is 9.36. The minimum atomic E-state index is 0.717. The van der Waals surface area contributed by atoms with Gasteiger partial charge in [-0.25, -0.2) is 4.98 Å². The van der Waals surface area contributed by atoms with Crippen LogP contribution in [0.25, 0.3) is 0 Å². The number of hydrogen-bond acceptors (Lipinski definition) is 2. The van der Waals surface area contributed by atoms with Gasteiger partial charge in [0.2, 0.25) is 0 Å². The number of rotatable bonds is 5. The van der Waals surface area contributed by atoms with Crippen LogP contribution >= 0.6 is 0 Å². The normalized spacial score (nSPS) is 17.4. The van der Waals surface area contributed by atoms with Gasteiger partial charge in [0.05, 0.1) is 6.33 Å². The van der Waals surface area contributed by atoms with E-state index >= 15 is 0 Å². The van der Waals surface area contributed by atoms with E-state index in [2.05, 4.69) is 9.55 Å². The quantitative estimate of drug-likeness (QED) is 0.802. The SMILES string of the molecule is NCCc1cncn1CCC1CCCC1. The van der Waals surface area contributed by atoms with E-state index in [1.54, 1.807) is 0 Å². The first-order chi connectivity index (χ1) is 7.40. The van der Waals surface area contributed by atoms with Crippen LogP contribution in [0.1, 0.15) is 37.8 Å². The predicted molar refractivity (Wildman–Crippen MR) is 61.6 cm³/mol. The first-order valence-electron chi connectivity index (χ1n) is 6.09. The van der Waals surface area contributed by atoms with Crippen LogP contribution in [-0.2, 0) is 13.0 Å². The van der Waals surface area contributed by atoms with Gasteiger partial charge in [-0.2, -0.15) is 0 Å². The second kappa shape index (κ2) is 5.31. The molecule has 0 amide bonds. The van der Waals surface area contributed by atoms with E-state index in [0.717, 1.165) is 25.4 Å². The summed E-state index contributed by atoms with van der Waals surface area (Å²) in [6.07, 6.45) is 11.9. The Bertz CT molecular complexity index is 287. The molecule has 0 radical (unpaired) electrons. The van der Waals surface area contributed by atoms with E-state index < -0.39 is 0 Å². The molecule has 1 fully saturated rings. The Labute approximate surface area is 91.7 Å². The Balaban J connectivity index is 1.83. The molecule has 0 saturated heterocycles. The van der Waals surface area contributed by atoms with Gasteiger partial charge in [-0.05, 0) is 18.9 Å². The van der Waals surface area contributed by atoms with Crippen molar-refractivity contribution in [3.05, 3.63) is 18.2 Å². The summed E-state index contributed by atoms with van der Waals surface area (Å²) in [5, 5.41) is 0. The molecule has 2 N–H and O–H groups in total. The molecule has 0 unspecified atom stereocenters. The number of aryl methyl sites for hydroxylation is 1. The highest BCUT2D eigenvalue weighted by Gasteiger charge is 2.14. The maximum atomic E-state index is 5.57. The lowest BCUT2D eigenvalue weighted by atomic mass is 10.0. The molecule has 1 aliphatic rings. The maximum Gasteiger partial charge on any atom is 0.0948 e. The van der Waals surface area contributed by atoms with Crippen LogP contribution in [0.5, 0.6) is 0 Å². The lowest BCUT2D eigenvalue weighted by Crippen LogP contribution is -2.10. The average Bonchev–Trinajstić information content (AvgIpc) is 2.85. The van der Waals surface area contributed by atoms with Crippen molar-refractivity contribution >= 4 is 0 Å². The van der Waals surface area contributed by atoms with Crippen molar-refractivity contribution in [2.24, 2.45) is 11.7 Å². The van der Waals surface area contributed by atoms with Gasteiger partial charge in [-0.1, -0.05) is 25.7 Å². The highest BCUT2D eigenvalue weighted by Crippen LogP contribution is 2.27. The molecule has 2 rings (SSSR count). The Morgan fingerprint density at radius 2 is 2.20 bits per heavy atom. The van der Waals surface area contributed by atoms with Crippen molar-refractivity contribution in [2.75, 3.05) is 6.54 Å². The Morgan fingerprint density at radius 3 is 2.93 bits per heavy atom. The van der Waals surface area contributed by atoms with Crippen LogP contribution in [0.15, 0.2) is 12.5 Å². The molecule has 0 atom stereocenters. The summed E-state index contributed by atoms with van der Waals surface area (Å²) in [4.78, 5) is 4.19. The minimum absolute atomic E-state index is 0.717. The third-order valence-electron chi connectivity index (χ3n) is 3.45. The fourth-order valence-electron chi connectivity index (χ4n) is 2.53. The summed E-state index contributed by atoms with van der Waals surface area (Å²) in [6, 6.07) is 0. The minimum Gasteiger partial charge on any atom is -0.335 e. The predicted octanol–water partition coefficient (Wildman–Crippen LogP) is 1.96. The third kappa shape index (κ3) is 2.81. The lowest BCUT2D eigenvalue weighted by Gasteiger charge is -2.11. The maximum absolute atomic E-state index is 5.57. The van der Waals surface area contributed by atoms with Crippen LogP contribution in [0.4, 0.5) is 0 Å². The fraction of sp³-hybridized carbons (Fsp3) is 0.750. The molecule has 0 spiro atoms. The monoisotopic (exact) mass is 207 g/mol. The van der Waals surface area contributed by atoms with E-state index in [1.165, 1.54) is 37.8 Å². The smallest absolute Gasteiger partial charge is 0.0948 e. The van der Waals surface area contributed by atoms with Crippen LogP contribution in [0, 0.1) is 5.92 Å².